The molecule has 0 radical (unpaired) electrons. The maximum atomic E-state index is 10.8. The molecule has 0 unspecified atom stereocenters. The highest BCUT2D eigenvalue weighted by molar-refractivity contribution is 5.88. The predicted octanol–water partition coefficient (Wildman–Crippen LogP) is 2.56. The summed E-state index contributed by atoms with van der Waals surface area (Å²) in [5.74, 6) is -0.120. The van der Waals surface area contributed by atoms with E-state index in [9.17, 15) is 4.79 Å². The zero-order chi connectivity index (χ0) is 13.7. The van der Waals surface area contributed by atoms with Gasteiger partial charge >= 0.3 is 5.97 Å². The molecule has 4 heteroatoms. The van der Waals surface area contributed by atoms with Gasteiger partial charge in [0.05, 0.1) is 5.56 Å². The third kappa shape index (κ3) is 3.96. The van der Waals surface area contributed by atoms with Gasteiger partial charge in [-0.3, -0.25) is 4.90 Å². The van der Waals surface area contributed by atoms with Crippen LogP contribution >= 0.6 is 0 Å². The topological polar surface area (TPSA) is 49.8 Å². The van der Waals surface area contributed by atoms with Crippen LogP contribution in [0.1, 0.15) is 35.2 Å². The number of aromatic carboxylic acids is 1. The van der Waals surface area contributed by atoms with Crippen molar-refractivity contribution >= 4 is 5.97 Å². The number of benzene rings is 1. The zero-order valence-corrected chi connectivity index (χ0v) is 11.4. The average molecular weight is 263 g/mol. The highest BCUT2D eigenvalue weighted by atomic mass is 16.5. The second-order valence-corrected chi connectivity index (χ2v) is 5.04. The summed E-state index contributed by atoms with van der Waals surface area (Å²) < 4.78 is 5.74. The highest BCUT2D eigenvalue weighted by Gasteiger charge is 2.10. The van der Waals surface area contributed by atoms with E-state index in [-0.39, 0.29) is 0 Å². The molecule has 1 saturated heterocycles. The Morgan fingerprint density at radius 3 is 2.68 bits per heavy atom. The molecule has 1 fully saturated rings. The smallest absolute Gasteiger partial charge is 0.335 e. The fraction of sp³-hybridized carbons (Fsp3) is 0.533. The minimum atomic E-state index is -0.900. The van der Waals surface area contributed by atoms with Gasteiger partial charge in [0.2, 0.25) is 0 Å². The van der Waals surface area contributed by atoms with Crippen molar-refractivity contribution in [2.24, 2.45) is 0 Å². The molecule has 0 aliphatic carbocycles. The van der Waals surface area contributed by atoms with Crippen molar-refractivity contribution < 1.29 is 14.6 Å². The van der Waals surface area contributed by atoms with Crippen LogP contribution in [0.2, 0.25) is 0 Å². The van der Waals surface area contributed by atoms with Gasteiger partial charge < -0.3 is 9.84 Å². The number of hydrogen-bond acceptors (Lipinski definition) is 3. The Balaban J connectivity index is 1.83. The fourth-order valence-electron chi connectivity index (χ4n) is 2.41. The van der Waals surface area contributed by atoms with E-state index in [0.717, 1.165) is 17.9 Å². The number of aryl methyl sites for hydroxylation is 1. The van der Waals surface area contributed by atoms with E-state index in [1.807, 2.05) is 6.92 Å². The lowest BCUT2D eigenvalue weighted by atomic mass is 10.1. The zero-order valence-electron chi connectivity index (χ0n) is 11.4. The average Bonchev–Trinajstić information content (AvgIpc) is 2.41. The maximum Gasteiger partial charge on any atom is 0.335 e. The molecule has 1 aromatic rings. The van der Waals surface area contributed by atoms with E-state index in [1.165, 1.54) is 32.4 Å². The lowest BCUT2D eigenvalue weighted by Crippen LogP contribution is -2.33. The van der Waals surface area contributed by atoms with Crippen molar-refractivity contribution in [3.05, 3.63) is 29.3 Å². The molecule has 1 N–H and O–H groups in total. The van der Waals surface area contributed by atoms with Gasteiger partial charge in [0.25, 0.3) is 0 Å². The Kier molecular flexibility index (Phi) is 4.80. The van der Waals surface area contributed by atoms with Crippen LogP contribution in [-0.4, -0.2) is 42.2 Å². The van der Waals surface area contributed by atoms with E-state index >= 15 is 0 Å². The van der Waals surface area contributed by atoms with Crippen LogP contribution in [0.4, 0.5) is 0 Å². The van der Waals surface area contributed by atoms with Gasteiger partial charge in [0, 0.05) is 6.54 Å². The molecule has 0 aromatic heterocycles. The Morgan fingerprint density at radius 2 is 2.05 bits per heavy atom. The van der Waals surface area contributed by atoms with Crippen molar-refractivity contribution in [3.63, 3.8) is 0 Å². The Labute approximate surface area is 114 Å². The van der Waals surface area contributed by atoms with Gasteiger partial charge in [0.1, 0.15) is 12.4 Å². The van der Waals surface area contributed by atoms with Crippen molar-refractivity contribution in [2.45, 2.75) is 26.2 Å². The second-order valence-electron chi connectivity index (χ2n) is 5.04. The van der Waals surface area contributed by atoms with Crippen LogP contribution in [0.3, 0.4) is 0 Å². The SMILES string of the molecule is Cc1cc(C(=O)O)ccc1OCCN1CCCCC1. The number of nitrogens with zero attached hydrogens (tertiary/aromatic N) is 1. The van der Waals surface area contributed by atoms with Crippen LogP contribution < -0.4 is 4.74 Å². The fourth-order valence-corrected chi connectivity index (χ4v) is 2.41. The van der Waals surface area contributed by atoms with Gasteiger partial charge in [-0.05, 0) is 56.6 Å². The minimum absolute atomic E-state index is 0.306. The molecule has 0 atom stereocenters. The Hall–Kier alpha value is -1.55. The normalized spacial score (nSPS) is 16.3. The van der Waals surface area contributed by atoms with Gasteiger partial charge in [0.15, 0.2) is 0 Å². The largest absolute Gasteiger partial charge is 0.492 e. The number of ether oxygens (including phenoxy) is 1. The molecular weight excluding hydrogens is 242 g/mol. The van der Waals surface area contributed by atoms with Crippen molar-refractivity contribution in [2.75, 3.05) is 26.2 Å². The third-order valence-electron chi connectivity index (χ3n) is 3.54. The van der Waals surface area contributed by atoms with Gasteiger partial charge in [-0.25, -0.2) is 4.79 Å². The van der Waals surface area contributed by atoms with E-state index in [0.29, 0.717) is 12.2 Å². The number of hydrogen-bond donors (Lipinski definition) is 1. The lowest BCUT2D eigenvalue weighted by Gasteiger charge is -2.26. The monoisotopic (exact) mass is 263 g/mol. The lowest BCUT2D eigenvalue weighted by molar-refractivity contribution is 0.0696. The summed E-state index contributed by atoms with van der Waals surface area (Å²) in [6.07, 6.45) is 3.91. The summed E-state index contributed by atoms with van der Waals surface area (Å²) in [6.45, 7) is 5.82. The van der Waals surface area contributed by atoms with Crippen LogP contribution in [0, 0.1) is 6.92 Å². The first-order chi connectivity index (χ1) is 9.16. The minimum Gasteiger partial charge on any atom is -0.492 e. The van der Waals surface area contributed by atoms with Crippen molar-refractivity contribution in [1.29, 1.82) is 0 Å². The molecule has 1 aromatic carbocycles. The molecule has 0 bridgehead atoms. The van der Waals surface area contributed by atoms with Crippen molar-refractivity contribution in [3.8, 4) is 5.75 Å². The first kappa shape index (κ1) is 13.9. The van der Waals surface area contributed by atoms with Crippen LogP contribution in [0.25, 0.3) is 0 Å². The molecule has 104 valence electrons. The number of piperidine rings is 1. The van der Waals surface area contributed by atoms with Crippen molar-refractivity contribution in [1.82, 2.24) is 4.90 Å². The summed E-state index contributed by atoms with van der Waals surface area (Å²) >= 11 is 0. The predicted molar refractivity (Wildman–Crippen MR) is 73.9 cm³/mol. The van der Waals surface area contributed by atoms with E-state index in [4.69, 9.17) is 9.84 Å². The summed E-state index contributed by atoms with van der Waals surface area (Å²) in [7, 11) is 0. The standard InChI is InChI=1S/C15H21NO3/c1-12-11-13(15(17)18)5-6-14(12)19-10-9-16-7-3-2-4-8-16/h5-6,11H,2-4,7-10H2,1H3,(H,17,18). The molecule has 1 aliphatic heterocycles. The highest BCUT2D eigenvalue weighted by Crippen LogP contribution is 2.19. The summed E-state index contributed by atoms with van der Waals surface area (Å²) in [5.41, 5.74) is 1.18. The summed E-state index contributed by atoms with van der Waals surface area (Å²) in [5, 5.41) is 8.90. The number of carboxylic acid groups (broad SMARTS) is 1. The first-order valence-corrected chi connectivity index (χ1v) is 6.86. The summed E-state index contributed by atoms with van der Waals surface area (Å²) in [4.78, 5) is 13.3. The van der Waals surface area contributed by atoms with Gasteiger partial charge in [-0.15, -0.1) is 0 Å². The molecule has 19 heavy (non-hydrogen) atoms. The third-order valence-corrected chi connectivity index (χ3v) is 3.54. The molecule has 2 rings (SSSR count). The molecular formula is C15H21NO3. The first-order valence-electron chi connectivity index (χ1n) is 6.86. The Bertz CT molecular complexity index is 439. The molecule has 1 heterocycles. The van der Waals surface area contributed by atoms with E-state index in [1.54, 1.807) is 18.2 Å². The Morgan fingerprint density at radius 1 is 1.32 bits per heavy atom. The molecule has 1 aliphatic rings. The molecule has 0 saturated carbocycles. The van der Waals surface area contributed by atoms with E-state index < -0.39 is 5.97 Å². The quantitative estimate of drug-likeness (QED) is 0.887. The van der Waals surface area contributed by atoms with E-state index in [2.05, 4.69) is 4.90 Å². The number of carboxylic acids is 1. The molecule has 0 spiro atoms. The van der Waals surface area contributed by atoms with Gasteiger partial charge in [-0.2, -0.15) is 0 Å². The molecule has 4 nitrogen and oxygen atoms in total. The van der Waals surface area contributed by atoms with Crippen LogP contribution in [0.5, 0.6) is 5.75 Å². The number of likely N-dealkylation sites (tertiary alicyclic amines) is 1. The van der Waals surface area contributed by atoms with Gasteiger partial charge in [-0.1, -0.05) is 6.42 Å². The molecule has 0 amide bonds. The van der Waals surface area contributed by atoms with Crippen LogP contribution in [0.15, 0.2) is 18.2 Å². The number of carbonyl (C=O) groups is 1. The maximum absolute atomic E-state index is 10.8. The number of rotatable bonds is 5. The summed E-state index contributed by atoms with van der Waals surface area (Å²) in [6, 6.07) is 4.99. The second kappa shape index (κ2) is 6.57. The van der Waals surface area contributed by atoms with Crippen LogP contribution in [-0.2, 0) is 0 Å².